The number of aliphatic hydroxyl groups excluding tert-OH is 3. The van der Waals surface area contributed by atoms with Gasteiger partial charge in [-0.15, -0.1) is 6.58 Å². The van der Waals surface area contributed by atoms with Gasteiger partial charge in [0.15, 0.2) is 6.29 Å². The zero-order chi connectivity index (χ0) is 31.1. The van der Waals surface area contributed by atoms with Gasteiger partial charge >= 0.3 is 0 Å². The lowest BCUT2D eigenvalue weighted by Crippen LogP contribution is -2.74. The minimum Gasteiger partial charge on any atom is -0.389 e. The van der Waals surface area contributed by atoms with Crippen LogP contribution in [0.1, 0.15) is 43.8 Å². The van der Waals surface area contributed by atoms with Crippen LogP contribution >= 0.6 is 0 Å². The molecule has 0 saturated carbocycles. The third kappa shape index (κ3) is 4.42. The van der Waals surface area contributed by atoms with Gasteiger partial charge in [0, 0.05) is 0 Å². The van der Waals surface area contributed by atoms with Crippen molar-refractivity contribution in [2.45, 2.75) is 48.1 Å². The van der Waals surface area contributed by atoms with Crippen molar-refractivity contribution in [1.29, 1.82) is 0 Å². The molecule has 2 aliphatic rings. The molecule has 44 heavy (non-hydrogen) atoms. The van der Waals surface area contributed by atoms with Crippen LogP contribution in [0, 0.1) is 0 Å². The van der Waals surface area contributed by atoms with E-state index in [1.165, 1.54) is 18.2 Å². The Hall–Kier alpha value is -4.44. The van der Waals surface area contributed by atoms with E-state index < -0.39 is 53.5 Å². The topological polar surface area (TPSA) is 128 Å². The highest BCUT2D eigenvalue weighted by Crippen LogP contribution is 2.48. The molecule has 6 atom stereocenters. The largest absolute Gasteiger partial charge is 0.389 e. The minimum atomic E-state index is -2.34. The number of ether oxygens (including phenoxy) is 1. The van der Waals surface area contributed by atoms with Crippen molar-refractivity contribution in [2.75, 3.05) is 0 Å². The summed E-state index contributed by atoms with van der Waals surface area (Å²) in [4.78, 5) is 27.6. The summed E-state index contributed by atoms with van der Waals surface area (Å²) in [7, 11) is 0. The Morgan fingerprint density at radius 3 is 1.59 bits per heavy atom. The number of hydrogen-bond donors (Lipinski definition) is 4. The maximum Gasteiger partial charge on any atom is 0.262 e. The molecular weight excluding hydrogens is 558 g/mol. The van der Waals surface area contributed by atoms with Crippen molar-refractivity contribution in [1.82, 2.24) is 4.90 Å². The highest BCUT2D eigenvalue weighted by molar-refractivity contribution is 6.21. The van der Waals surface area contributed by atoms with Crippen molar-refractivity contribution in [3.8, 4) is 0 Å². The quantitative estimate of drug-likeness (QED) is 0.141. The standard InChI is InChI=1S/C36H33NO7/c1-2-22-35(43)29(37-32(40)26-20-12-13-21-27(26)33(37)41)34(42)44-28(30(35)38)31(39)36(23-14-6-3-7-15-23,24-16-8-4-9-17-24)25-18-10-5-11-19-25/h2-21,28-31,34,38-39,42-43H,1,22H2/t28-,29+,30+,31?,34-,35+/m0/s1. The lowest BCUT2D eigenvalue weighted by Gasteiger charge is -2.54. The number of carbonyl (C=O) groups is 2. The molecule has 2 heterocycles. The van der Waals surface area contributed by atoms with E-state index >= 15 is 0 Å². The molecule has 0 radical (unpaired) electrons. The Kier molecular flexibility index (Phi) is 7.79. The van der Waals surface area contributed by atoms with Crippen molar-refractivity contribution in [2.24, 2.45) is 0 Å². The number of hydrogen-bond acceptors (Lipinski definition) is 7. The fourth-order valence-corrected chi connectivity index (χ4v) is 6.91. The predicted molar refractivity (Wildman–Crippen MR) is 163 cm³/mol. The zero-order valence-electron chi connectivity index (χ0n) is 23.8. The van der Waals surface area contributed by atoms with Gasteiger partial charge in [-0.3, -0.25) is 14.5 Å². The number of rotatable bonds is 8. The molecule has 0 spiro atoms. The number of imide groups is 1. The third-order valence-electron chi connectivity index (χ3n) is 8.92. The monoisotopic (exact) mass is 591 g/mol. The fourth-order valence-electron chi connectivity index (χ4n) is 6.91. The van der Waals surface area contributed by atoms with Crippen LogP contribution in [0.2, 0.25) is 0 Å². The number of benzene rings is 4. The van der Waals surface area contributed by atoms with E-state index in [0.29, 0.717) is 16.7 Å². The normalized spacial score (nSPS) is 25.9. The molecule has 0 aromatic heterocycles. The smallest absolute Gasteiger partial charge is 0.262 e. The number of aliphatic hydroxyl groups is 4. The lowest BCUT2D eigenvalue weighted by atomic mass is 9.62. The van der Waals surface area contributed by atoms with E-state index in [0.717, 1.165) is 4.90 Å². The van der Waals surface area contributed by atoms with Gasteiger partial charge in [-0.2, -0.15) is 0 Å². The van der Waals surface area contributed by atoms with Gasteiger partial charge in [0.2, 0.25) is 0 Å². The third-order valence-corrected chi connectivity index (χ3v) is 8.92. The molecule has 1 fully saturated rings. The predicted octanol–water partition coefficient (Wildman–Crippen LogP) is 3.43. The van der Waals surface area contributed by atoms with Crippen molar-refractivity contribution in [3.63, 3.8) is 0 Å². The molecule has 0 aliphatic carbocycles. The molecule has 4 aromatic carbocycles. The Morgan fingerprint density at radius 1 is 0.773 bits per heavy atom. The molecule has 1 unspecified atom stereocenters. The minimum absolute atomic E-state index is 0.110. The van der Waals surface area contributed by atoms with Gasteiger partial charge in [0.25, 0.3) is 11.8 Å². The molecule has 8 nitrogen and oxygen atoms in total. The average Bonchev–Trinajstić information content (AvgIpc) is 3.30. The maximum atomic E-state index is 13.5. The second kappa shape index (κ2) is 11.6. The summed E-state index contributed by atoms with van der Waals surface area (Å²) < 4.78 is 6.01. The Bertz CT molecular complexity index is 1530. The van der Waals surface area contributed by atoms with Gasteiger partial charge in [0.1, 0.15) is 30.0 Å². The summed E-state index contributed by atoms with van der Waals surface area (Å²) in [6.45, 7) is 3.72. The second-order valence-corrected chi connectivity index (χ2v) is 11.2. The summed E-state index contributed by atoms with van der Waals surface area (Å²) >= 11 is 0. The molecule has 4 N–H and O–H groups in total. The summed E-state index contributed by atoms with van der Waals surface area (Å²) in [5.41, 5.74) is -1.46. The molecular formula is C36H33NO7. The van der Waals surface area contributed by atoms with Crippen LogP contribution < -0.4 is 0 Å². The number of carbonyl (C=O) groups excluding carboxylic acids is 2. The van der Waals surface area contributed by atoms with Crippen LogP contribution in [0.4, 0.5) is 0 Å². The average molecular weight is 592 g/mol. The first-order valence-electron chi connectivity index (χ1n) is 14.4. The maximum absolute atomic E-state index is 13.5. The fraction of sp³-hybridized carbons (Fsp3) is 0.222. The summed E-state index contributed by atoms with van der Waals surface area (Å²) in [5, 5.41) is 48.3. The Balaban J connectivity index is 1.50. The SMILES string of the molecule is C=CC[C@]1(O)[C@H](O)[C@@H](C(O)C(c2ccccc2)(c2ccccc2)c2ccccc2)O[C@H](O)[C@H]1N1C(=O)c2ccccc2C1=O. The number of amides is 2. The van der Waals surface area contributed by atoms with E-state index in [-0.39, 0.29) is 17.5 Å². The van der Waals surface area contributed by atoms with E-state index in [9.17, 15) is 30.0 Å². The first kappa shape index (κ1) is 29.6. The summed E-state index contributed by atoms with van der Waals surface area (Å²) in [6, 6.07) is 32.2. The number of fused-ring (bicyclic) bond motifs is 1. The molecule has 224 valence electrons. The van der Waals surface area contributed by atoms with E-state index in [2.05, 4.69) is 6.58 Å². The molecule has 1 saturated heterocycles. The highest BCUT2D eigenvalue weighted by Gasteiger charge is 2.63. The molecule has 2 aliphatic heterocycles. The van der Waals surface area contributed by atoms with Crippen LogP contribution in [-0.2, 0) is 10.2 Å². The van der Waals surface area contributed by atoms with Gasteiger partial charge in [-0.25, -0.2) is 0 Å². The molecule has 4 aromatic rings. The van der Waals surface area contributed by atoms with Crippen molar-refractivity contribution >= 4 is 11.8 Å². The van der Waals surface area contributed by atoms with Crippen LogP contribution in [0.25, 0.3) is 0 Å². The first-order chi connectivity index (χ1) is 21.3. The van der Waals surface area contributed by atoms with Crippen LogP contribution in [0.15, 0.2) is 128 Å². The van der Waals surface area contributed by atoms with Crippen LogP contribution in [0.3, 0.4) is 0 Å². The molecule has 0 bridgehead atoms. The Labute approximate surface area is 255 Å². The van der Waals surface area contributed by atoms with Crippen molar-refractivity contribution in [3.05, 3.63) is 156 Å². The Morgan fingerprint density at radius 2 is 1.18 bits per heavy atom. The molecule has 8 heteroatoms. The second-order valence-electron chi connectivity index (χ2n) is 11.2. The number of nitrogens with zero attached hydrogens (tertiary/aromatic N) is 1. The van der Waals surface area contributed by atoms with Crippen LogP contribution in [-0.4, -0.2) is 73.4 Å². The van der Waals surface area contributed by atoms with Crippen LogP contribution in [0.5, 0.6) is 0 Å². The summed E-state index contributed by atoms with van der Waals surface area (Å²) in [5.74, 6) is -1.47. The first-order valence-corrected chi connectivity index (χ1v) is 14.4. The van der Waals surface area contributed by atoms with Crippen molar-refractivity contribution < 1.29 is 34.8 Å². The van der Waals surface area contributed by atoms with Gasteiger partial charge in [0.05, 0.1) is 16.5 Å². The summed E-state index contributed by atoms with van der Waals surface area (Å²) in [6.07, 6.45) is -6.05. The van der Waals surface area contributed by atoms with E-state index in [4.69, 9.17) is 4.74 Å². The van der Waals surface area contributed by atoms with Gasteiger partial charge in [-0.05, 0) is 35.2 Å². The lowest BCUT2D eigenvalue weighted by molar-refractivity contribution is -0.309. The zero-order valence-corrected chi connectivity index (χ0v) is 23.8. The van der Waals surface area contributed by atoms with E-state index in [1.54, 1.807) is 12.1 Å². The van der Waals surface area contributed by atoms with Gasteiger partial charge in [-0.1, -0.05) is 109 Å². The highest BCUT2D eigenvalue weighted by atomic mass is 16.6. The molecule has 6 rings (SSSR count). The van der Waals surface area contributed by atoms with E-state index in [1.807, 2.05) is 91.0 Å². The molecule has 2 amide bonds. The van der Waals surface area contributed by atoms with Gasteiger partial charge < -0.3 is 25.2 Å².